The molecule has 1 N–H and O–H groups in total. The van der Waals surface area contributed by atoms with Gasteiger partial charge in [-0.15, -0.1) is 0 Å². The van der Waals surface area contributed by atoms with E-state index >= 15 is 0 Å². The zero-order valence-corrected chi connectivity index (χ0v) is 16.6. The molecule has 5 nitrogen and oxygen atoms in total. The predicted octanol–water partition coefficient (Wildman–Crippen LogP) is 4.34. The first kappa shape index (κ1) is 18.0. The highest BCUT2D eigenvalue weighted by Crippen LogP contribution is 2.47. The molecule has 2 aliphatic heterocycles. The average molecular weight is 407 g/mol. The summed E-state index contributed by atoms with van der Waals surface area (Å²) < 4.78 is 29.6. The SMILES string of the molecule is Fc1ccc(CN2CCC3(CC2)Nc2cccnc2-n2c3cnc2C2CC2)c(F)c1. The third-order valence-corrected chi connectivity index (χ3v) is 6.71. The molecule has 0 atom stereocenters. The molecular weight excluding hydrogens is 384 g/mol. The van der Waals surface area contributed by atoms with Gasteiger partial charge in [0.25, 0.3) is 0 Å². The summed E-state index contributed by atoms with van der Waals surface area (Å²) in [4.78, 5) is 11.7. The number of fused-ring (bicyclic) bond motifs is 4. The van der Waals surface area contributed by atoms with Crippen LogP contribution in [0.3, 0.4) is 0 Å². The maximum atomic E-state index is 14.1. The number of pyridine rings is 1. The molecule has 2 fully saturated rings. The van der Waals surface area contributed by atoms with Crippen molar-refractivity contribution in [1.29, 1.82) is 0 Å². The Kier molecular flexibility index (Phi) is 3.96. The van der Waals surface area contributed by atoms with Crippen molar-refractivity contribution >= 4 is 5.69 Å². The molecule has 3 aromatic rings. The summed E-state index contributed by atoms with van der Waals surface area (Å²) in [5, 5.41) is 3.77. The van der Waals surface area contributed by atoms with E-state index in [1.165, 1.54) is 24.6 Å². The molecule has 4 heterocycles. The van der Waals surface area contributed by atoms with E-state index in [1.54, 1.807) is 6.07 Å². The maximum absolute atomic E-state index is 14.1. The Morgan fingerprint density at radius 2 is 1.93 bits per heavy atom. The molecule has 2 aromatic heterocycles. The van der Waals surface area contributed by atoms with Gasteiger partial charge in [0.05, 0.1) is 23.1 Å². The van der Waals surface area contributed by atoms with E-state index in [-0.39, 0.29) is 5.54 Å². The van der Waals surface area contributed by atoms with Crippen LogP contribution in [-0.4, -0.2) is 32.5 Å². The highest BCUT2D eigenvalue weighted by molar-refractivity contribution is 5.64. The van der Waals surface area contributed by atoms with E-state index in [0.717, 1.165) is 49.3 Å². The van der Waals surface area contributed by atoms with Gasteiger partial charge in [0.2, 0.25) is 0 Å². The van der Waals surface area contributed by atoms with Gasteiger partial charge in [0.15, 0.2) is 5.82 Å². The Labute approximate surface area is 173 Å². The highest BCUT2D eigenvalue weighted by Gasteiger charge is 2.44. The molecular formula is C23H23F2N5. The Hall–Kier alpha value is -2.80. The van der Waals surface area contributed by atoms with Crippen LogP contribution in [0.15, 0.2) is 42.7 Å². The topological polar surface area (TPSA) is 46.0 Å². The summed E-state index contributed by atoms with van der Waals surface area (Å²) in [6, 6.07) is 7.89. The van der Waals surface area contributed by atoms with Gasteiger partial charge in [-0.25, -0.2) is 18.7 Å². The minimum absolute atomic E-state index is 0.200. The van der Waals surface area contributed by atoms with Crippen LogP contribution in [0.1, 0.15) is 48.7 Å². The molecule has 7 heteroatoms. The Morgan fingerprint density at radius 1 is 1.10 bits per heavy atom. The molecule has 6 rings (SSSR count). The van der Waals surface area contributed by atoms with E-state index in [2.05, 4.69) is 25.8 Å². The zero-order chi connectivity index (χ0) is 20.3. The van der Waals surface area contributed by atoms with Crippen molar-refractivity contribution in [3.8, 4) is 5.82 Å². The van der Waals surface area contributed by atoms with Crippen LogP contribution in [0.2, 0.25) is 0 Å². The lowest BCUT2D eigenvalue weighted by atomic mass is 9.82. The van der Waals surface area contributed by atoms with Crippen LogP contribution in [-0.2, 0) is 12.1 Å². The number of likely N-dealkylation sites (tertiary alicyclic amines) is 1. The lowest BCUT2D eigenvalue weighted by Gasteiger charge is -2.45. The first-order chi connectivity index (χ1) is 14.6. The number of rotatable bonds is 3. The third kappa shape index (κ3) is 2.83. The van der Waals surface area contributed by atoms with E-state index in [4.69, 9.17) is 4.98 Å². The number of hydrogen-bond donors (Lipinski definition) is 1. The minimum Gasteiger partial charge on any atom is -0.371 e. The number of anilines is 1. The van der Waals surface area contributed by atoms with Gasteiger partial charge in [-0.05, 0) is 43.9 Å². The molecule has 0 amide bonds. The second-order valence-corrected chi connectivity index (χ2v) is 8.70. The molecule has 30 heavy (non-hydrogen) atoms. The minimum atomic E-state index is -0.535. The number of halogens is 2. The van der Waals surface area contributed by atoms with Crippen LogP contribution >= 0.6 is 0 Å². The summed E-state index contributed by atoms with van der Waals surface area (Å²) in [7, 11) is 0. The highest BCUT2D eigenvalue weighted by atomic mass is 19.1. The van der Waals surface area contributed by atoms with E-state index in [1.807, 2.05) is 18.5 Å². The van der Waals surface area contributed by atoms with Gasteiger partial charge in [-0.3, -0.25) is 9.47 Å². The summed E-state index contributed by atoms with van der Waals surface area (Å²) in [5.41, 5.74) is 2.57. The number of hydrogen-bond acceptors (Lipinski definition) is 4. The maximum Gasteiger partial charge on any atom is 0.161 e. The van der Waals surface area contributed by atoms with Crippen molar-refractivity contribution in [2.24, 2.45) is 0 Å². The third-order valence-electron chi connectivity index (χ3n) is 6.71. The Bertz CT molecular complexity index is 1110. The number of benzene rings is 1. The fourth-order valence-corrected chi connectivity index (χ4v) is 4.92. The molecule has 1 spiro atoms. The second-order valence-electron chi connectivity index (χ2n) is 8.70. The largest absolute Gasteiger partial charge is 0.371 e. The number of nitrogens with zero attached hydrogens (tertiary/aromatic N) is 4. The van der Waals surface area contributed by atoms with Crippen LogP contribution in [0.25, 0.3) is 5.82 Å². The zero-order valence-electron chi connectivity index (χ0n) is 16.6. The Balaban J connectivity index is 1.29. The van der Waals surface area contributed by atoms with Crippen LogP contribution < -0.4 is 5.32 Å². The summed E-state index contributed by atoms with van der Waals surface area (Å²) in [6.07, 6.45) is 8.01. The average Bonchev–Trinajstić information content (AvgIpc) is 3.49. The van der Waals surface area contributed by atoms with Crippen LogP contribution in [0, 0.1) is 11.6 Å². The smallest absolute Gasteiger partial charge is 0.161 e. The van der Waals surface area contributed by atoms with E-state index < -0.39 is 11.6 Å². The van der Waals surface area contributed by atoms with Gasteiger partial charge in [-0.2, -0.15) is 0 Å². The van der Waals surface area contributed by atoms with Gasteiger partial charge >= 0.3 is 0 Å². The van der Waals surface area contributed by atoms with Crippen molar-refractivity contribution < 1.29 is 8.78 Å². The molecule has 1 aromatic carbocycles. The summed E-state index contributed by atoms with van der Waals surface area (Å²) in [5.74, 6) is 1.59. The predicted molar refractivity (Wildman–Crippen MR) is 110 cm³/mol. The molecule has 0 radical (unpaired) electrons. The van der Waals surface area contributed by atoms with E-state index in [9.17, 15) is 8.78 Å². The lowest BCUT2D eigenvalue weighted by Crippen LogP contribution is -2.49. The van der Waals surface area contributed by atoms with Gasteiger partial charge in [0, 0.05) is 43.4 Å². The van der Waals surface area contributed by atoms with Crippen LogP contribution in [0.5, 0.6) is 0 Å². The van der Waals surface area contributed by atoms with Crippen molar-refractivity contribution in [3.63, 3.8) is 0 Å². The molecule has 1 saturated heterocycles. The second kappa shape index (κ2) is 6.60. The van der Waals surface area contributed by atoms with Crippen molar-refractivity contribution in [2.75, 3.05) is 18.4 Å². The number of imidazole rings is 1. The molecule has 0 unspecified atom stereocenters. The quantitative estimate of drug-likeness (QED) is 0.702. The first-order valence-electron chi connectivity index (χ1n) is 10.6. The first-order valence-corrected chi connectivity index (χ1v) is 10.6. The monoisotopic (exact) mass is 407 g/mol. The number of nitrogens with one attached hydrogen (secondary N) is 1. The summed E-state index contributed by atoms with van der Waals surface area (Å²) >= 11 is 0. The number of aromatic nitrogens is 3. The van der Waals surface area contributed by atoms with Crippen molar-refractivity contribution in [2.45, 2.75) is 43.7 Å². The van der Waals surface area contributed by atoms with Gasteiger partial charge in [0.1, 0.15) is 17.5 Å². The fraction of sp³-hybridized carbons (Fsp3) is 0.391. The Morgan fingerprint density at radius 3 is 2.70 bits per heavy atom. The molecule has 0 bridgehead atoms. The fourth-order valence-electron chi connectivity index (χ4n) is 4.92. The van der Waals surface area contributed by atoms with E-state index in [0.29, 0.717) is 18.0 Å². The number of piperidine rings is 1. The standard InChI is InChI=1S/C23H23F2N5/c24-17-6-5-16(18(25)12-17)14-29-10-7-23(8-11-29)20-13-27-21(15-3-4-15)30(20)22-19(28-23)2-1-9-26-22/h1-2,5-6,9,12-13,15,28H,3-4,7-8,10-11,14H2. The molecule has 1 saturated carbocycles. The lowest BCUT2D eigenvalue weighted by molar-refractivity contribution is 0.160. The normalized spacial score (nSPS) is 19.9. The van der Waals surface area contributed by atoms with Gasteiger partial charge in [-0.1, -0.05) is 6.07 Å². The van der Waals surface area contributed by atoms with Crippen molar-refractivity contribution in [1.82, 2.24) is 19.4 Å². The summed E-state index contributed by atoms with van der Waals surface area (Å²) in [6.45, 7) is 2.14. The van der Waals surface area contributed by atoms with Crippen LogP contribution in [0.4, 0.5) is 14.5 Å². The molecule has 1 aliphatic carbocycles. The molecule has 3 aliphatic rings. The van der Waals surface area contributed by atoms with Crippen molar-refractivity contribution in [3.05, 3.63) is 71.4 Å². The van der Waals surface area contributed by atoms with Gasteiger partial charge < -0.3 is 5.32 Å². The molecule has 154 valence electrons.